The molecule has 9 heteroatoms. The molecule has 2 aromatic rings. The summed E-state index contributed by atoms with van der Waals surface area (Å²) >= 11 is 7.06. The minimum atomic E-state index is -1.89. The molecule has 0 bridgehead atoms. The largest absolute Gasteiger partial charge is 0.465 e. The van der Waals surface area contributed by atoms with Crippen LogP contribution in [0.25, 0.3) is 0 Å². The van der Waals surface area contributed by atoms with Crippen molar-refractivity contribution in [3.8, 4) is 0 Å². The van der Waals surface area contributed by atoms with Crippen LogP contribution in [0, 0.1) is 5.41 Å². The topological polar surface area (TPSA) is 90.9 Å². The lowest BCUT2D eigenvalue weighted by Gasteiger charge is -2.37. The van der Waals surface area contributed by atoms with E-state index in [4.69, 9.17) is 14.2 Å². The van der Waals surface area contributed by atoms with E-state index >= 15 is 0 Å². The zero-order valence-electron chi connectivity index (χ0n) is 18.8. The Hall–Kier alpha value is -2.23. The summed E-state index contributed by atoms with van der Waals surface area (Å²) in [6.45, 7) is 3.65. The second-order valence-corrected chi connectivity index (χ2v) is 10.0. The highest BCUT2D eigenvalue weighted by Gasteiger charge is 2.75. The van der Waals surface area contributed by atoms with Crippen LogP contribution in [0.3, 0.4) is 0 Å². The lowest BCUT2D eigenvalue weighted by atomic mass is 9.62. The van der Waals surface area contributed by atoms with Gasteiger partial charge in [-0.25, -0.2) is 0 Å². The lowest BCUT2D eigenvalue weighted by molar-refractivity contribution is -0.175. The van der Waals surface area contributed by atoms with Crippen molar-refractivity contribution in [2.75, 3.05) is 19.8 Å². The fraction of sp³-hybridized carbons (Fsp3) is 0.400. The Bertz CT molecular complexity index is 1100. The number of hydrogen-bond donors (Lipinski definition) is 1. The first-order valence-corrected chi connectivity index (χ1v) is 12.7. The zero-order chi connectivity index (χ0) is 24.5. The molecule has 1 N–H and O–H groups in total. The van der Waals surface area contributed by atoms with E-state index in [1.54, 1.807) is 26.0 Å². The van der Waals surface area contributed by atoms with Crippen molar-refractivity contribution in [3.63, 3.8) is 0 Å². The smallest absolute Gasteiger partial charge is 0.327 e. The number of carbonyl (C=O) groups excluding carboxylic acids is 3. The Labute approximate surface area is 214 Å². The minimum absolute atomic E-state index is 0.0608. The van der Waals surface area contributed by atoms with Crippen LogP contribution in [0.15, 0.2) is 57.5 Å². The van der Waals surface area contributed by atoms with Gasteiger partial charge in [0.2, 0.25) is 0 Å². The van der Waals surface area contributed by atoms with Gasteiger partial charge in [0.1, 0.15) is 5.54 Å². The molecule has 180 valence electrons. The Morgan fingerprint density at radius 2 is 1.74 bits per heavy atom. The number of nitrogens with one attached hydrogen (secondary N) is 1. The van der Waals surface area contributed by atoms with Crippen LogP contribution in [-0.4, -0.2) is 43.3 Å². The molecule has 0 aromatic heterocycles. The molecule has 34 heavy (non-hydrogen) atoms. The molecular formula is C25H25Br2NO6. The molecule has 1 unspecified atom stereocenters. The summed E-state index contributed by atoms with van der Waals surface area (Å²) in [5.74, 6) is -2.95. The van der Waals surface area contributed by atoms with E-state index in [1.165, 1.54) is 0 Å². The van der Waals surface area contributed by atoms with Gasteiger partial charge >= 0.3 is 17.9 Å². The molecule has 0 radical (unpaired) electrons. The first kappa shape index (κ1) is 24.9. The molecule has 2 fully saturated rings. The highest BCUT2D eigenvalue weighted by Crippen LogP contribution is 2.61. The van der Waals surface area contributed by atoms with Crippen molar-refractivity contribution in [1.82, 2.24) is 5.32 Å². The number of esters is 3. The second-order valence-electron chi connectivity index (χ2n) is 8.25. The van der Waals surface area contributed by atoms with Crippen molar-refractivity contribution in [3.05, 3.63) is 68.6 Å². The average molecular weight is 595 g/mol. The van der Waals surface area contributed by atoms with Gasteiger partial charge in [-0.2, -0.15) is 0 Å². The van der Waals surface area contributed by atoms with Gasteiger partial charge in [-0.05, 0) is 43.2 Å². The van der Waals surface area contributed by atoms with Gasteiger partial charge in [-0.15, -0.1) is 0 Å². The van der Waals surface area contributed by atoms with E-state index in [2.05, 4.69) is 37.2 Å². The molecule has 4 rings (SSSR count). The first-order valence-electron chi connectivity index (χ1n) is 11.1. The normalized spacial score (nSPS) is 25.2. The summed E-state index contributed by atoms with van der Waals surface area (Å²) in [7, 11) is 0. The Balaban J connectivity index is 2.09. The molecule has 2 aliphatic rings. The van der Waals surface area contributed by atoms with Gasteiger partial charge in [0.15, 0.2) is 5.41 Å². The third-order valence-corrected chi connectivity index (χ3v) is 7.74. The molecule has 0 saturated carbocycles. The summed E-state index contributed by atoms with van der Waals surface area (Å²) < 4.78 is 18.0. The third-order valence-electron chi connectivity index (χ3n) is 6.52. The van der Waals surface area contributed by atoms with Crippen LogP contribution < -0.4 is 5.32 Å². The highest BCUT2D eigenvalue weighted by atomic mass is 79.9. The van der Waals surface area contributed by atoms with Crippen LogP contribution in [0.4, 0.5) is 0 Å². The van der Waals surface area contributed by atoms with Crippen molar-refractivity contribution in [2.45, 2.75) is 37.8 Å². The van der Waals surface area contributed by atoms with Crippen LogP contribution in [-0.2, 0) is 28.6 Å². The number of ether oxygens (including phenoxy) is 3. The Morgan fingerprint density at radius 3 is 2.29 bits per heavy atom. The summed E-state index contributed by atoms with van der Waals surface area (Å²) in [5.41, 5.74) is -1.96. The molecule has 3 atom stereocenters. The number of rotatable bonds is 6. The maximum Gasteiger partial charge on any atom is 0.327 e. The fourth-order valence-electron chi connectivity index (χ4n) is 5.26. The second kappa shape index (κ2) is 9.79. The van der Waals surface area contributed by atoms with Gasteiger partial charge in [-0.3, -0.25) is 19.7 Å². The lowest BCUT2D eigenvalue weighted by Crippen LogP contribution is -2.52. The van der Waals surface area contributed by atoms with Crippen LogP contribution >= 0.6 is 31.9 Å². The maximum absolute atomic E-state index is 14.0. The Kier molecular flexibility index (Phi) is 7.17. The third kappa shape index (κ3) is 3.78. The van der Waals surface area contributed by atoms with E-state index in [9.17, 15) is 14.4 Å². The summed E-state index contributed by atoms with van der Waals surface area (Å²) in [6.07, 6.45) is 0.282. The minimum Gasteiger partial charge on any atom is -0.465 e. The van der Waals surface area contributed by atoms with E-state index in [0.29, 0.717) is 15.6 Å². The molecule has 7 nitrogen and oxygen atoms in total. The number of carbonyl (C=O) groups is 3. The molecular weight excluding hydrogens is 570 g/mol. The zero-order valence-corrected chi connectivity index (χ0v) is 22.0. The quantitative estimate of drug-likeness (QED) is 0.300. The Morgan fingerprint density at radius 1 is 1.06 bits per heavy atom. The summed E-state index contributed by atoms with van der Waals surface area (Å²) in [6, 6.07) is 13.6. The number of halogens is 2. The van der Waals surface area contributed by atoms with Crippen molar-refractivity contribution >= 4 is 49.8 Å². The molecule has 0 aliphatic carbocycles. The van der Waals surface area contributed by atoms with Gasteiger partial charge in [0.05, 0.1) is 25.9 Å². The van der Waals surface area contributed by atoms with Gasteiger partial charge in [0.25, 0.3) is 0 Å². The molecule has 2 saturated heterocycles. The van der Waals surface area contributed by atoms with E-state index in [-0.39, 0.29) is 26.2 Å². The number of cyclic esters (lactones) is 1. The predicted molar refractivity (Wildman–Crippen MR) is 131 cm³/mol. The standard InChI is InChI=1S/C25H25Br2NO6/c1-3-32-22(30)25(23(31)33-4-2)19(15-8-7-9-16(26)14-15)24(12-13-34-21(24)29)28-20(25)17-10-5-6-11-18(17)27/h5-11,14,19-20,28H,3-4,12-13H2,1-2H3/t19?,20-,24-/m1/s1. The fourth-order valence-corrected chi connectivity index (χ4v) is 6.19. The molecule has 0 amide bonds. The van der Waals surface area contributed by atoms with Gasteiger partial charge in [-0.1, -0.05) is 62.2 Å². The molecule has 2 aromatic carbocycles. The van der Waals surface area contributed by atoms with E-state index in [1.807, 2.05) is 36.4 Å². The first-order chi connectivity index (χ1) is 16.3. The molecule has 2 heterocycles. The van der Waals surface area contributed by atoms with Crippen LogP contribution in [0.2, 0.25) is 0 Å². The molecule has 1 spiro atoms. The molecule has 2 aliphatic heterocycles. The summed E-state index contributed by atoms with van der Waals surface area (Å²) in [5, 5.41) is 3.39. The van der Waals surface area contributed by atoms with E-state index in [0.717, 1.165) is 4.47 Å². The number of hydrogen-bond acceptors (Lipinski definition) is 7. The summed E-state index contributed by atoms with van der Waals surface area (Å²) in [4.78, 5) is 41.3. The van der Waals surface area contributed by atoms with Crippen LogP contribution in [0.5, 0.6) is 0 Å². The van der Waals surface area contributed by atoms with Crippen molar-refractivity contribution in [1.29, 1.82) is 0 Å². The average Bonchev–Trinajstić information content (AvgIpc) is 3.33. The maximum atomic E-state index is 14.0. The van der Waals surface area contributed by atoms with Crippen molar-refractivity contribution in [2.24, 2.45) is 5.41 Å². The highest BCUT2D eigenvalue weighted by molar-refractivity contribution is 9.10. The number of benzene rings is 2. The van der Waals surface area contributed by atoms with Gasteiger partial charge < -0.3 is 14.2 Å². The predicted octanol–water partition coefficient (Wildman–Crippen LogP) is 4.44. The van der Waals surface area contributed by atoms with Gasteiger partial charge in [0, 0.05) is 21.3 Å². The van der Waals surface area contributed by atoms with Crippen LogP contribution in [0.1, 0.15) is 43.4 Å². The SMILES string of the molecule is CCOC(=O)C1(C(=O)OCC)C(c2cccc(Br)c2)[C@@]2(CCOC2=O)N[C@@H]1c1ccccc1Br. The van der Waals surface area contributed by atoms with E-state index < -0.39 is 40.8 Å². The monoisotopic (exact) mass is 593 g/mol. The van der Waals surface area contributed by atoms with Crippen molar-refractivity contribution < 1.29 is 28.6 Å².